The van der Waals surface area contributed by atoms with Crippen molar-refractivity contribution >= 4 is 17.5 Å². The van der Waals surface area contributed by atoms with Crippen LogP contribution in [0.2, 0.25) is 0 Å². The molecule has 1 N–H and O–H groups in total. The molecule has 166 valence electrons. The fourth-order valence-corrected chi connectivity index (χ4v) is 2.89. The summed E-state index contributed by atoms with van der Waals surface area (Å²) in [5.74, 6) is -0.389. The number of hydrogen-bond acceptors (Lipinski definition) is 6. The molecule has 0 spiro atoms. The molecule has 2 rings (SSSR count). The average Bonchev–Trinajstić information content (AvgIpc) is 2.75. The van der Waals surface area contributed by atoms with Crippen molar-refractivity contribution in [2.24, 2.45) is 0 Å². The van der Waals surface area contributed by atoms with E-state index in [1.54, 1.807) is 6.92 Å². The quantitative estimate of drug-likeness (QED) is 0.459. The highest BCUT2D eigenvalue weighted by Gasteiger charge is 2.27. The first-order valence-corrected chi connectivity index (χ1v) is 9.82. The molecule has 0 aromatic heterocycles. The Kier molecular flexibility index (Phi) is 8.36. The predicted molar refractivity (Wildman–Crippen MR) is 115 cm³/mol. The van der Waals surface area contributed by atoms with E-state index in [9.17, 15) is 19.7 Å². The summed E-state index contributed by atoms with van der Waals surface area (Å²) in [6.45, 7) is 5.25. The maximum atomic E-state index is 13.0. The lowest BCUT2D eigenvalue weighted by Gasteiger charge is -2.29. The van der Waals surface area contributed by atoms with Gasteiger partial charge in [-0.3, -0.25) is 19.7 Å². The average molecular weight is 429 g/mol. The van der Waals surface area contributed by atoms with E-state index in [0.717, 1.165) is 5.56 Å². The van der Waals surface area contributed by atoms with E-state index < -0.39 is 16.9 Å². The highest BCUT2D eigenvalue weighted by Crippen LogP contribution is 2.30. The Morgan fingerprint density at radius 3 is 2.39 bits per heavy atom. The van der Waals surface area contributed by atoms with Crippen LogP contribution in [0.1, 0.15) is 26.3 Å². The van der Waals surface area contributed by atoms with Crippen LogP contribution < -0.4 is 14.8 Å². The van der Waals surface area contributed by atoms with E-state index >= 15 is 0 Å². The fraction of sp³-hybridized carbons (Fsp3) is 0.364. The Balaban J connectivity index is 2.16. The highest BCUT2D eigenvalue weighted by atomic mass is 16.6. The molecule has 0 unspecified atom stereocenters. The molecule has 2 aromatic carbocycles. The molecule has 2 aromatic rings. The van der Waals surface area contributed by atoms with Gasteiger partial charge in [-0.1, -0.05) is 30.3 Å². The van der Waals surface area contributed by atoms with Gasteiger partial charge in [0.1, 0.15) is 11.8 Å². The van der Waals surface area contributed by atoms with Crippen LogP contribution in [0.3, 0.4) is 0 Å². The number of rotatable bonds is 10. The van der Waals surface area contributed by atoms with Gasteiger partial charge in [0, 0.05) is 24.7 Å². The number of carbonyl (C=O) groups is 2. The van der Waals surface area contributed by atoms with Crippen molar-refractivity contribution in [3.63, 3.8) is 0 Å². The van der Waals surface area contributed by atoms with Gasteiger partial charge in [-0.15, -0.1) is 0 Å². The molecule has 0 aliphatic rings. The predicted octanol–water partition coefficient (Wildman–Crippen LogP) is 2.92. The minimum absolute atomic E-state index is 0.0285. The van der Waals surface area contributed by atoms with Gasteiger partial charge >= 0.3 is 5.69 Å². The van der Waals surface area contributed by atoms with Crippen molar-refractivity contribution in [1.29, 1.82) is 0 Å². The zero-order chi connectivity index (χ0) is 23.0. The van der Waals surface area contributed by atoms with Crippen molar-refractivity contribution in [1.82, 2.24) is 10.2 Å². The third kappa shape index (κ3) is 6.70. The SMILES string of the molecule is COc1cc(OCC(=O)N(Cc2ccccc2)[C@@H](C)C(=O)NC(C)C)ccc1[N+](=O)[O-]. The van der Waals surface area contributed by atoms with Crippen LogP contribution in [0, 0.1) is 10.1 Å². The first-order chi connectivity index (χ1) is 14.7. The van der Waals surface area contributed by atoms with Gasteiger partial charge in [0.05, 0.1) is 12.0 Å². The van der Waals surface area contributed by atoms with E-state index in [1.807, 2.05) is 44.2 Å². The fourth-order valence-electron chi connectivity index (χ4n) is 2.89. The molecule has 0 bridgehead atoms. The summed E-state index contributed by atoms with van der Waals surface area (Å²) in [5.41, 5.74) is 0.669. The summed E-state index contributed by atoms with van der Waals surface area (Å²) in [6, 6.07) is 12.5. The number of methoxy groups -OCH3 is 1. The third-order valence-corrected chi connectivity index (χ3v) is 4.50. The Labute approximate surface area is 181 Å². The van der Waals surface area contributed by atoms with Gasteiger partial charge in [0.15, 0.2) is 6.61 Å². The number of hydrogen-bond donors (Lipinski definition) is 1. The Bertz CT molecular complexity index is 917. The maximum absolute atomic E-state index is 13.0. The van der Waals surface area contributed by atoms with Crippen molar-refractivity contribution in [2.45, 2.75) is 39.4 Å². The molecule has 9 heteroatoms. The summed E-state index contributed by atoms with van der Waals surface area (Å²) < 4.78 is 10.6. The standard InChI is InChI=1S/C22H27N3O6/c1-15(2)23-22(27)16(3)24(13-17-8-6-5-7-9-17)21(26)14-31-18-10-11-19(25(28)29)20(12-18)30-4/h5-12,15-16H,13-14H2,1-4H3,(H,23,27)/t16-/m0/s1. The molecule has 0 saturated carbocycles. The number of benzene rings is 2. The lowest BCUT2D eigenvalue weighted by molar-refractivity contribution is -0.385. The van der Waals surface area contributed by atoms with Gasteiger partial charge in [-0.25, -0.2) is 0 Å². The van der Waals surface area contributed by atoms with Crippen LogP contribution in [-0.2, 0) is 16.1 Å². The largest absolute Gasteiger partial charge is 0.490 e. The van der Waals surface area contributed by atoms with E-state index in [2.05, 4.69) is 5.32 Å². The van der Waals surface area contributed by atoms with Crippen molar-refractivity contribution in [3.8, 4) is 11.5 Å². The van der Waals surface area contributed by atoms with Crippen LogP contribution in [0.25, 0.3) is 0 Å². The maximum Gasteiger partial charge on any atom is 0.311 e. The molecular weight excluding hydrogens is 402 g/mol. The Morgan fingerprint density at radius 2 is 1.81 bits per heavy atom. The van der Waals surface area contributed by atoms with Gasteiger partial charge in [-0.2, -0.15) is 0 Å². The molecule has 0 saturated heterocycles. The highest BCUT2D eigenvalue weighted by molar-refractivity contribution is 5.88. The molecule has 9 nitrogen and oxygen atoms in total. The zero-order valence-corrected chi connectivity index (χ0v) is 18.0. The number of nitro groups is 1. The summed E-state index contributed by atoms with van der Waals surface area (Å²) in [7, 11) is 1.31. The normalized spacial score (nSPS) is 11.5. The summed E-state index contributed by atoms with van der Waals surface area (Å²) in [6.07, 6.45) is 0. The lowest BCUT2D eigenvalue weighted by atomic mass is 10.1. The van der Waals surface area contributed by atoms with Crippen LogP contribution in [0.5, 0.6) is 11.5 Å². The van der Waals surface area contributed by atoms with Gasteiger partial charge in [0.25, 0.3) is 5.91 Å². The molecule has 0 aliphatic heterocycles. The van der Waals surface area contributed by atoms with E-state index in [4.69, 9.17) is 9.47 Å². The summed E-state index contributed by atoms with van der Waals surface area (Å²) in [5, 5.41) is 13.8. The molecule has 0 aliphatic carbocycles. The molecular formula is C22H27N3O6. The van der Waals surface area contributed by atoms with E-state index in [-0.39, 0.29) is 42.3 Å². The molecule has 0 radical (unpaired) electrons. The monoisotopic (exact) mass is 429 g/mol. The van der Waals surface area contributed by atoms with Crippen LogP contribution in [0.15, 0.2) is 48.5 Å². The summed E-state index contributed by atoms with van der Waals surface area (Å²) >= 11 is 0. The second-order valence-corrected chi connectivity index (χ2v) is 7.23. The first kappa shape index (κ1) is 23.7. The molecule has 0 fully saturated rings. The van der Waals surface area contributed by atoms with E-state index in [0.29, 0.717) is 0 Å². The molecule has 2 amide bonds. The van der Waals surface area contributed by atoms with E-state index in [1.165, 1.54) is 30.2 Å². The van der Waals surface area contributed by atoms with Crippen LogP contribution >= 0.6 is 0 Å². The molecule has 1 atom stereocenters. The Morgan fingerprint density at radius 1 is 1.13 bits per heavy atom. The number of carbonyl (C=O) groups excluding carboxylic acids is 2. The lowest BCUT2D eigenvalue weighted by Crippen LogP contribution is -2.50. The topological polar surface area (TPSA) is 111 Å². The van der Waals surface area contributed by atoms with Crippen LogP contribution in [-0.4, -0.2) is 47.4 Å². The minimum atomic E-state index is -0.717. The number of nitrogens with zero attached hydrogens (tertiary/aromatic N) is 2. The first-order valence-electron chi connectivity index (χ1n) is 9.82. The smallest absolute Gasteiger partial charge is 0.311 e. The second kappa shape index (κ2) is 11.0. The number of nitrogens with one attached hydrogen (secondary N) is 1. The van der Waals surface area contributed by atoms with Gasteiger partial charge in [0.2, 0.25) is 11.7 Å². The molecule has 31 heavy (non-hydrogen) atoms. The summed E-state index contributed by atoms with van der Waals surface area (Å²) in [4.78, 5) is 37.4. The third-order valence-electron chi connectivity index (χ3n) is 4.50. The van der Waals surface area contributed by atoms with Gasteiger partial charge in [-0.05, 0) is 32.4 Å². The van der Waals surface area contributed by atoms with Crippen molar-refractivity contribution in [2.75, 3.05) is 13.7 Å². The number of amides is 2. The van der Waals surface area contributed by atoms with Crippen LogP contribution in [0.4, 0.5) is 5.69 Å². The number of ether oxygens (including phenoxy) is 2. The molecule has 0 heterocycles. The number of nitro benzene ring substituents is 1. The second-order valence-electron chi connectivity index (χ2n) is 7.23. The van der Waals surface area contributed by atoms with Crippen molar-refractivity contribution in [3.05, 3.63) is 64.2 Å². The Hall–Kier alpha value is -3.62. The zero-order valence-electron chi connectivity index (χ0n) is 18.0. The van der Waals surface area contributed by atoms with Gasteiger partial charge < -0.3 is 19.7 Å². The van der Waals surface area contributed by atoms with Crippen molar-refractivity contribution < 1.29 is 24.0 Å². The minimum Gasteiger partial charge on any atom is -0.490 e.